The number of ether oxygens (including phenoxy) is 1. The number of hydrogen-bond donors (Lipinski definition) is 4. The maximum Gasteiger partial charge on any atom is 0.218 e. The summed E-state index contributed by atoms with van der Waals surface area (Å²) < 4.78 is 5.08. The Bertz CT molecular complexity index is 1210. The second-order valence-corrected chi connectivity index (χ2v) is 8.09. The monoisotopic (exact) mass is 462 g/mol. The fourth-order valence-corrected chi connectivity index (χ4v) is 4.22. The minimum atomic E-state index is -3.53. The quantitative estimate of drug-likeness (QED) is 0.400. The fourth-order valence-electron chi connectivity index (χ4n) is 4.22. The zero-order chi connectivity index (χ0) is 24.6. The Morgan fingerprint density at radius 3 is 1.47 bits per heavy atom. The van der Waals surface area contributed by atoms with Gasteiger partial charge in [0.2, 0.25) is 22.8 Å². The summed E-state index contributed by atoms with van der Waals surface area (Å²) in [7, 11) is 0. The second kappa shape index (κ2) is 8.68. The molecule has 1 aliphatic heterocycles. The largest absolute Gasteiger partial charge is 0.376 e. The van der Waals surface area contributed by atoms with Crippen molar-refractivity contribution in [2.45, 2.75) is 23.1 Å². The Balaban J connectivity index is 1.98. The van der Waals surface area contributed by atoms with Crippen molar-refractivity contribution in [2.75, 3.05) is 6.61 Å². The smallest absolute Gasteiger partial charge is 0.218 e. The summed E-state index contributed by atoms with van der Waals surface area (Å²) in [6, 6.07) is 21.4. The highest BCUT2D eigenvalue weighted by Gasteiger charge is 2.77. The van der Waals surface area contributed by atoms with Gasteiger partial charge in [-0.15, -0.1) is 0 Å². The van der Waals surface area contributed by atoms with Crippen LogP contribution in [0.15, 0.2) is 91.0 Å². The molecule has 1 unspecified atom stereocenters. The zero-order valence-corrected chi connectivity index (χ0v) is 17.9. The SMILES string of the molecule is O=C(c1ccccc1)[C@@]1(O)[C@@](O)(C(=O)c2ccccc2)COC(O)[C@@]1(O)C(=O)c1ccccc1. The first kappa shape index (κ1) is 23.6. The second-order valence-electron chi connectivity index (χ2n) is 8.09. The van der Waals surface area contributed by atoms with Crippen molar-refractivity contribution < 1.29 is 39.5 Å². The third-order valence-electron chi connectivity index (χ3n) is 6.12. The van der Waals surface area contributed by atoms with Gasteiger partial charge in [0.05, 0.1) is 6.61 Å². The van der Waals surface area contributed by atoms with Crippen LogP contribution in [-0.2, 0) is 4.74 Å². The van der Waals surface area contributed by atoms with E-state index >= 15 is 0 Å². The van der Waals surface area contributed by atoms with Crippen molar-refractivity contribution in [2.24, 2.45) is 0 Å². The minimum absolute atomic E-state index is 0.112. The Labute approximate surface area is 194 Å². The number of rotatable bonds is 6. The van der Waals surface area contributed by atoms with E-state index < -0.39 is 47.0 Å². The lowest BCUT2D eigenvalue weighted by molar-refractivity contribution is -0.320. The molecule has 34 heavy (non-hydrogen) atoms. The molecule has 4 rings (SSSR count). The van der Waals surface area contributed by atoms with Crippen LogP contribution in [0.5, 0.6) is 0 Å². The van der Waals surface area contributed by atoms with Gasteiger partial charge in [0, 0.05) is 16.7 Å². The molecular weight excluding hydrogens is 440 g/mol. The molecule has 0 amide bonds. The van der Waals surface area contributed by atoms with E-state index in [1.165, 1.54) is 72.8 Å². The lowest BCUT2D eigenvalue weighted by Crippen LogP contribution is -2.84. The van der Waals surface area contributed by atoms with E-state index in [2.05, 4.69) is 0 Å². The Morgan fingerprint density at radius 2 is 1.03 bits per heavy atom. The van der Waals surface area contributed by atoms with Crippen molar-refractivity contribution in [1.82, 2.24) is 0 Å². The summed E-state index contributed by atoms with van der Waals surface area (Å²) in [6.45, 7) is -1.07. The van der Waals surface area contributed by atoms with E-state index in [-0.39, 0.29) is 16.7 Å². The Morgan fingerprint density at radius 1 is 0.647 bits per heavy atom. The predicted molar refractivity (Wildman–Crippen MR) is 119 cm³/mol. The molecule has 8 nitrogen and oxygen atoms in total. The van der Waals surface area contributed by atoms with E-state index in [0.717, 1.165) is 0 Å². The van der Waals surface area contributed by atoms with Crippen LogP contribution < -0.4 is 0 Å². The summed E-state index contributed by atoms with van der Waals surface area (Å²) in [6.07, 6.45) is -2.44. The summed E-state index contributed by atoms with van der Waals surface area (Å²) in [5, 5.41) is 45.8. The normalized spacial score (nSPS) is 28.8. The molecule has 4 N–H and O–H groups in total. The highest BCUT2D eigenvalue weighted by atomic mass is 16.6. The number of Topliss-reactive ketones (excluding diaryl/α,β-unsaturated/α-hetero) is 3. The van der Waals surface area contributed by atoms with E-state index in [1.54, 1.807) is 18.2 Å². The third-order valence-corrected chi connectivity index (χ3v) is 6.12. The molecular formula is C26H22O8. The van der Waals surface area contributed by atoms with Gasteiger partial charge in [-0.3, -0.25) is 14.4 Å². The van der Waals surface area contributed by atoms with Crippen molar-refractivity contribution in [3.8, 4) is 0 Å². The van der Waals surface area contributed by atoms with Crippen LogP contribution in [0.4, 0.5) is 0 Å². The van der Waals surface area contributed by atoms with Crippen LogP contribution in [0, 0.1) is 0 Å². The van der Waals surface area contributed by atoms with Gasteiger partial charge in [-0.25, -0.2) is 0 Å². The maximum absolute atomic E-state index is 13.7. The molecule has 0 saturated carbocycles. The van der Waals surface area contributed by atoms with Crippen molar-refractivity contribution in [3.63, 3.8) is 0 Å². The molecule has 0 spiro atoms. The molecule has 8 heteroatoms. The van der Waals surface area contributed by atoms with E-state index in [1.807, 2.05) is 0 Å². The van der Waals surface area contributed by atoms with Crippen molar-refractivity contribution in [3.05, 3.63) is 108 Å². The number of aliphatic hydroxyl groups is 4. The molecule has 0 aromatic heterocycles. The molecule has 1 fully saturated rings. The predicted octanol–water partition coefficient (Wildman–Crippen LogP) is 1.18. The number of carbonyl (C=O) groups excluding carboxylic acids is 3. The van der Waals surface area contributed by atoms with Gasteiger partial charge in [-0.2, -0.15) is 0 Å². The number of ketones is 3. The van der Waals surface area contributed by atoms with E-state index in [0.29, 0.717) is 0 Å². The maximum atomic E-state index is 13.7. The average Bonchev–Trinajstić information content (AvgIpc) is 2.89. The summed E-state index contributed by atoms with van der Waals surface area (Å²) in [4.78, 5) is 40.7. The first-order valence-corrected chi connectivity index (χ1v) is 10.4. The van der Waals surface area contributed by atoms with E-state index in [4.69, 9.17) is 4.74 Å². The summed E-state index contributed by atoms with van der Waals surface area (Å²) in [5.74, 6) is -3.83. The fraction of sp³-hybridized carbons (Fsp3) is 0.192. The van der Waals surface area contributed by atoms with Gasteiger partial charge < -0.3 is 25.2 Å². The molecule has 1 heterocycles. The summed E-state index contributed by atoms with van der Waals surface area (Å²) in [5.41, 5.74) is -10.6. The molecule has 1 saturated heterocycles. The third kappa shape index (κ3) is 3.32. The van der Waals surface area contributed by atoms with Crippen LogP contribution >= 0.6 is 0 Å². The molecule has 0 bridgehead atoms. The van der Waals surface area contributed by atoms with Gasteiger partial charge in [-0.1, -0.05) is 91.0 Å². The van der Waals surface area contributed by atoms with Gasteiger partial charge in [-0.05, 0) is 0 Å². The number of hydrogen-bond acceptors (Lipinski definition) is 8. The lowest BCUT2D eigenvalue weighted by Gasteiger charge is -2.54. The molecule has 3 aromatic carbocycles. The van der Waals surface area contributed by atoms with Gasteiger partial charge in [0.25, 0.3) is 0 Å². The standard InChI is InChI=1S/C26H22O8/c27-20(17-10-4-1-5-11-17)24(31)16-34-23(30)25(32,21(28)18-12-6-2-7-13-18)26(24,33)22(29)19-14-8-3-9-15-19/h1-15,23,30-33H,16H2/t23?,24-,25-,26+/m0/s1. The molecule has 3 aromatic rings. The highest BCUT2D eigenvalue weighted by Crippen LogP contribution is 2.46. The summed E-state index contributed by atoms with van der Waals surface area (Å²) >= 11 is 0. The molecule has 0 aliphatic carbocycles. The van der Waals surface area contributed by atoms with E-state index in [9.17, 15) is 34.8 Å². The number of benzene rings is 3. The lowest BCUT2D eigenvalue weighted by atomic mass is 9.60. The first-order valence-electron chi connectivity index (χ1n) is 10.4. The van der Waals surface area contributed by atoms with Gasteiger partial charge >= 0.3 is 0 Å². The minimum Gasteiger partial charge on any atom is -0.376 e. The van der Waals surface area contributed by atoms with Crippen LogP contribution in [0.25, 0.3) is 0 Å². The Hall–Kier alpha value is -3.53. The van der Waals surface area contributed by atoms with Gasteiger partial charge in [0.1, 0.15) is 0 Å². The molecule has 174 valence electrons. The van der Waals surface area contributed by atoms with Crippen LogP contribution in [0.1, 0.15) is 31.1 Å². The zero-order valence-electron chi connectivity index (χ0n) is 17.9. The number of carbonyl (C=O) groups is 3. The highest BCUT2D eigenvalue weighted by molar-refractivity contribution is 6.18. The van der Waals surface area contributed by atoms with Crippen LogP contribution in [0.3, 0.4) is 0 Å². The topological polar surface area (TPSA) is 141 Å². The van der Waals surface area contributed by atoms with Gasteiger partial charge in [0.15, 0.2) is 17.7 Å². The number of aliphatic hydroxyl groups excluding tert-OH is 1. The molecule has 1 aliphatic rings. The van der Waals surface area contributed by atoms with Crippen molar-refractivity contribution in [1.29, 1.82) is 0 Å². The van der Waals surface area contributed by atoms with Crippen molar-refractivity contribution >= 4 is 17.3 Å². The van der Waals surface area contributed by atoms with Crippen LogP contribution in [-0.4, -0.2) is 67.5 Å². The molecule has 0 radical (unpaired) electrons. The first-order chi connectivity index (χ1) is 16.2. The van der Waals surface area contributed by atoms with Crippen LogP contribution in [0.2, 0.25) is 0 Å². The average molecular weight is 462 g/mol. The Kier molecular flexibility index (Phi) is 6.03. The molecule has 4 atom stereocenters.